The highest BCUT2D eigenvalue weighted by Gasteiger charge is 2.28. The van der Waals surface area contributed by atoms with Crippen molar-refractivity contribution in [1.29, 1.82) is 0 Å². The normalized spacial score (nSPS) is 13.2. The Hall–Kier alpha value is -1.66. The molecule has 0 bridgehead atoms. The van der Waals surface area contributed by atoms with Crippen molar-refractivity contribution in [1.82, 2.24) is 9.97 Å². The van der Waals surface area contributed by atoms with Crippen LogP contribution < -0.4 is 0 Å². The van der Waals surface area contributed by atoms with Gasteiger partial charge >= 0.3 is 6.18 Å². The van der Waals surface area contributed by atoms with Crippen LogP contribution in [-0.4, -0.2) is 22.8 Å². The molecule has 0 aliphatic rings. The lowest BCUT2D eigenvalue weighted by Crippen LogP contribution is -2.18. The highest BCUT2D eigenvalue weighted by Crippen LogP contribution is 2.24. The molecule has 0 spiro atoms. The summed E-state index contributed by atoms with van der Waals surface area (Å²) in [7, 11) is 0. The molecule has 3 nitrogen and oxygen atoms in total. The van der Waals surface area contributed by atoms with Gasteiger partial charge in [-0.25, -0.2) is 4.98 Å². The zero-order valence-electron chi connectivity index (χ0n) is 11.1. The molecule has 1 aromatic carbocycles. The average molecular weight is 317 g/mol. The lowest BCUT2D eigenvalue weighted by atomic mass is 10.1. The third-order valence-electron chi connectivity index (χ3n) is 2.79. The van der Waals surface area contributed by atoms with E-state index in [1.54, 1.807) is 31.2 Å². The Labute approximate surface area is 124 Å². The average Bonchev–Trinajstić information content (AvgIpc) is 2.45. The molecule has 21 heavy (non-hydrogen) atoms. The van der Waals surface area contributed by atoms with Gasteiger partial charge in [-0.1, -0.05) is 35.9 Å². The lowest BCUT2D eigenvalue weighted by molar-refractivity contribution is -0.184. The number of hydrogen-bond donors (Lipinski definition) is 0. The van der Waals surface area contributed by atoms with Crippen LogP contribution in [0.3, 0.4) is 0 Å². The van der Waals surface area contributed by atoms with Crippen molar-refractivity contribution in [2.45, 2.75) is 19.2 Å². The lowest BCUT2D eigenvalue weighted by Gasteiger charge is -2.15. The first kappa shape index (κ1) is 15.7. The van der Waals surface area contributed by atoms with Gasteiger partial charge in [0.2, 0.25) is 0 Å². The van der Waals surface area contributed by atoms with E-state index in [4.69, 9.17) is 16.3 Å². The van der Waals surface area contributed by atoms with Crippen molar-refractivity contribution >= 4 is 11.6 Å². The van der Waals surface area contributed by atoms with Gasteiger partial charge in [0.1, 0.15) is 11.8 Å². The number of ether oxygens (including phenoxy) is 1. The number of rotatable bonds is 4. The number of nitrogens with zero attached hydrogens (tertiary/aromatic N) is 2. The van der Waals surface area contributed by atoms with E-state index in [1.165, 1.54) is 12.4 Å². The largest absolute Gasteiger partial charge is 0.411 e. The zero-order chi connectivity index (χ0) is 15.5. The minimum atomic E-state index is -4.33. The number of aromatic nitrogens is 2. The third-order valence-corrected chi connectivity index (χ3v) is 2.99. The summed E-state index contributed by atoms with van der Waals surface area (Å²) in [6, 6.07) is 6.90. The Morgan fingerprint density at radius 1 is 1.14 bits per heavy atom. The number of hydrogen-bond acceptors (Lipinski definition) is 3. The molecule has 1 aromatic heterocycles. The first-order valence-electron chi connectivity index (χ1n) is 6.11. The minimum Gasteiger partial charge on any atom is -0.364 e. The number of halogens is 4. The molecular formula is C14H12ClF3N2O. The van der Waals surface area contributed by atoms with Crippen LogP contribution in [0.1, 0.15) is 18.6 Å². The first-order valence-corrected chi connectivity index (χ1v) is 6.49. The van der Waals surface area contributed by atoms with Crippen molar-refractivity contribution in [3.8, 4) is 11.3 Å². The van der Waals surface area contributed by atoms with Crippen molar-refractivity contribution in [3.63, 3.8) is 0 Å². The molecule has 0 radical (unpaired) electrons. The smallest absolute Gasteiger partial charge is 0.364 e. The molecule has 2 aromatic rings. The Morgan fingerprint density at radius 3 is 2.33 bits per heavy atom. The molecule has 0 saturated heterocycles. The Balaban J connectivity index is 2.06. The van der Waals surface area contributed by atoms with Gasteiger partial charge in [0.05, 0.1) is 24.2 Å². The summed E-state index contributed by atoms with van der Waals surface area (Å²) in [6.07, 6.45) is -2.01. The van der Waals surface area contributed by atoms with E-state index >= 15 is 0 Å². The maximum Gasteiger partial charge on any atom is 0.411 e. The molecule has 1 heterocycles. The SMILES string of the molecule is CC(OCC(F)(F)F)c1ccc(-c2cnc(Cl)cn2)cc1. The van der Waals surface area contributed by atoms with E-state index < -0.39 is 18.9 Å². The van der Waals surface area contributed by atoms with Gasteiger partial charge in [0.15, 0.2) is 0 Å². The van der Waals surface area contributed by atoms with Gasteiger partial charge in [-0.2, -0.15) is 13.2 Å². The summed E-state index contributed by atoms with van der Waals surface area (Å²) in [5.74, 6) is 0. The van der Waals surface area contributed by atoms with E-state index in [0.717, 1.165) is 5.56 Å². The molecule has 1 unspecified atom stereocenters. The van der Waals surface area contributed by atoms with Gasteiger partial charge < -0.3 is 4.74 Å². The van der Waals surface area contributed by atoms with Crippen LogP contribution in [0, 0.1) is 0 Å². The van der Waals surface area contributed by atoms with Gasteiger partial charge in [-0.05, 0) is 12.5 Å². The predicted octanol–water partition coefficient (Wildman–Crippen LogP) is 4.44. The molecule has 1 atom stereocenters. The Kier molecular flexibility index (Phi) is 4.80. The number of alkyl halides is 3. The monoisotopic (exact) mass is 316 g/mol. The van der Waals surface area contributed by atoms with E-state index in [2.05, 4.69) is 9.97 Å². The Morgan fingerprint density at radius 2 is 1.81 bits per heavy atom. The molecule has 2 rings (SSSR count). The fourth-order valence-corrected chi connectivity index (χ4v) is 1.80. The molecular weight excluding hydrogens is 305 g/mol. The molecule has 7 heteroatoms. The molecule has 112 valence electrons. The topological polar surface area (TPSA) is 35.0 Å². The van der Waals surface area contributed by atoms with Crippen LogP contribution in [0.15, 0.2) is 36.7 Å². The van der Waals surface area contributed by atoms with E-state index in [1.807, 2.05) is 0 Å². The van der Waals surface area contributed by atoms with Crippen molar-refractivity contribution in [3.05, 3.63) is 47.4 Å². The maximum absolute atomic E-state index is 12.1. The second-order valence-electron chi connectivity index (χ2n) is 4.41. The summed E-state index contributed by atoms with van der Waals surface area (Å²) in [4.78, 5) is 8.04. The van der Waals surface area contributed by atoms with Crippen molar-refractivity contribution in [2.75, 3.05) is 6.61 Å². The van der Waals surface area contributed by atoms with E-state index in [0.29, 0.717) is 16.4 Å². The second-order valence-corrected chi connectivity index (χ2v) is 4.80. The molecule has 0 saturated carbocycles. The zero-order valence-corrected chi connectivity index (χ0v) is 11.8. The second kappa shape index (κ2) is 6.41. The molecule has 0 N–H and O–H groups in total. The summed E-state index contributed by atoms with van der Waals surface area (Å²) in [5.41, 5.74) is 2.09. The van der Waals surface area contributed by atoms with Crippen LogP contribution in [-0.2, 0) is 4.74 Å². The van der Waals surface area contributed by atoms with E-state index in [9.17, 15) is 13.2 Å². The van der Waals surface area contributed by atoms with E-state index in [-0.39, 0.29) is 0 Å². The standard InChI is InChI=1S/C14H12ClF3N2O/c1-9(21-8-14(16,17)18)10-2-4-11(5-3-10)12-6-20-13(15)7-19-12/h2-7,9H,8H2,1H3. The molecule has 0 aliphatic carbocycles. The summed E-state index contributed by atoms with van der Waals surface area (Å²) >= 11 is 5.66. The fourth-order valence-electron chi connectivity index (χ4n) is 1.70. The first-order chi connectivity index (χ1) is 9.85. The summed E-state index contributed by atoms with van der Waals surface area (Å²) < 4.78 is 41.1. The quantitative estimate of drug-likeness (QED) is 0.836. The van der Waals surface area contributed by atoms with Gasteiger partial charge in [0.25, 0.3) is 0 Å². The highest BCUT2D eigenvalue weighted by molar-refractivity contribution is 6.29. The van der Waals surface area contributed by atoms with Gasteiger partial charge in [0, 0.05) is 5.56 Å². The maximum atomic E-state index is 12.1. The van der Waals surface area contributed by atoms with Crippen molar-refractivity contribution < 1.29 is 17.9 Å². The molecule has 0 fully saturated rings. The fraction of sp³-hybridized carbons (Fsp3) is 0.286. The minimum absolute atomic E-state index is 0.296. The van der Waals surface area contributed by atoms with Crippen LogP contribution >= 0.6 is 11.6 Å². The van der Waals surface area contributed by atoms with Crippen LogP contribution in [0.5, 0.6) is 0 Å². The summed E-state index contributed by atoms with van der Waals surface area (Å²) in [6.45, 7) is 0.307. The van der Waals surface area contributed by atoms with Gasteiger partial charge in [-0.15, -0.1) is 0 Å². The summed E-state index contributed by atoms with van der Waals surface area (Å²) in [5, 5.41) is 0.296. The predicted molar refractivity (Wildman–Crippen MR) is 72.9 cm³/mol. The third kappa shape index (κ3) is 4.68. The van der Waals surface area contributed by atoms with Crippen LogP contribution in [0.4, 0.5) is 13.2 Å². The van der Waals surface area contributed by atoms with Gasteiger partial charge in [-0.3, -0.25) is 4.98 Å². The van der Waals surface area contributed by atoms with Crippen LogP contribution in [0.2, 0.25) is 5.15 Å². The highest BCUT2D eigenvalue weighted by atomic mass is 35.5. The van der Waals surface area contributed by atoms with Crippen LogP contribution in [0.25, 0.3) is 11.3 Å². The molecule has 0 aliphatic heterocycles. The van der Waals surface area contributed by atoms with Crippen molar-refractivity contribution in [2.24, 2.45) is 0 Å². The number of benzene rings is 1. The Bertz CT molecular complexity index is 585. The molecule has 0 amide bonds.